The van der Waals surface area contributed by atoms with Crippen LogP contribution < -0.4 is 0 Å². The number of carboxylic acids is 1. The number of aromatic hydroxyl groups is 1. The Kier molecular flexibility index (Phi) is 5.74. The van der Waals surface area contributed by atoms with Gasteiger partial charge in [-0.05, 0) is 68.7 Å². The Morgan fingerprint density at radius 3 is 2.52 bits per heavy atom. The summed E-state index contributed by atoms with van der Waals surface area (Å²) in [4.78, 5) is 15.7. The van der Waals surface area contributed by atoms with Gasteiger partial charge in [-0.15, -0.1) is 0 Å². The molecule has 5 nitrogen and oxygen atoms in total. The Hall–Kier alpha value is -3.26. The number of fused-ring (bicyclic) bond motifs is 3. The monoisotopic (exact) mass is 458 g/mol. The highest BCUT2D eigenvalue weighted by atomic mass is 19.1. The largest absolute Gasteiger partial charge is 0.508 e. The van der Waals surface area contributed by atoms with Crippen molar-refractivity contribution < 1.29 is 28.2 Å². The number of carboxylic acid groups (broad SMARTS) is 1. The number of carbonyl (C=O) groups is 1. The number of nitrogens with zero attached hydrogens (tertiary/aromatic N) is 1. The maximum absolute atomic E-state index is 15.4. The zero-order chi connectivity index (χ0) is 24.1. The zero-order valence-electron chi connectivity index (χ0n) is 18.5. The molecular formula is C25H25F3N2O3. The number of phenolic OH excluding ortho intramolecular Hbond substituents is 1. The summed E-state index contributed by atoms with van der Waals surface area (Å²) in [6.45, 7) is 4.67. The molecule has 0 saturated carbocycles. The molecule has 1 aliphatic rings. The number of hydrogen-bond acceptors (Lipinski definition) is 3. The molecule has 2 atom stereocenters. The normalized spacial score (nSPS) is 19.3. The Balaban J connectivity index is 1.93. The molecule has 33 heavy (non-hydrogen) atoms. The molecule has 0 saturated heterocycles. The molecular weight excluding hydrogens is 433 g/mol. The number of aromatic amines is 1. The van der Waals surface area contributed by atoms with Crippen LogP contribution in [0.25, 0.3) is 17.0 Å². The molecule has 3 N–H and O–H groups in total. The first kappa shape index (κ1) is 22.9. The van der Waals surface area contributed by atoms with Crippen molar-refractivity contribution in [2.75, 3.05) is 6.54 Å². The van der Waals surface area contributed by atoms with Crippen molar-refractivity contribution >= 4 is 22.9 Å². The lowest BCUT2D eigenvalue weighted by molar-refractivity contribution is -0.131. The molecule has 4 rings (SSSR count). The van der Waals surface area contributed by atoms with Gasteiger partial charge in [0.1, 0.15) is 23.1 Å². The van der Waals surface area contributed by atoms with Crippen molar-refractivity contribution in [3.05, 3.63) is 70.4 Å². The van der Waals surface area contributed by atoms with Crippen LogP contribution in [-0.4, -0.2) is 44.3 Å². The van der Waals surface area contributed by atoms with E-state index in [9.17, 15) is 14.3 Å². The Labute approximate surface area is 189 Å². The lowest BCUT2D eigenvalue weighted by Crippen LogP contribution is -2.48. The smallest absolute Gasteiger partial charge is 0.328 e. The highest BCUT2D eigenvalue weighted by molar-refractivity contribution is 5.87. The van der Waals surface area contributed by atoms with Crippen LogP contribution in [0.1, 0.15) is 49.2 Å². The fraction of sp³-hybridized carbons (Fsp3) is 0.320. The van der Waals surface area contributed by atoms with Crippen molar-refractivity contribution in [3.63, 3.8) is 0 Å². The highest BCUT2D eigenvalue weighted by Gasteiger charge is 2.40. The fourth-order valence-electron chi connectivity index (χ4n) is 4.67. The van der Waals surface area contributed by atoms with Gasteiger partial charge in [0.25, 0.3) is 0 Å². The third-order valence-electron chi connectivity index (χ3n) is 5.95. The van der Waals surface area contributed by atoms with Gasteiger partial charge < -0.3 is 15.2 Å². The molecule has 0 spiro atoms. The predicted octanol–water partition coefficient (Wildman–Crippen LogP) is 5.33. The Morgan fingerprint density at radius 1 is 1.24 bits per heavy atom. The van der Waals surface area contributed by atoms with Gasteiger partial charge in [-0.25, -0.2) is 18.0 Å². The molecule has 3 aromatic rings. The maximum atomic E-state index is 15.4. The number of halogens is 3. The lowest BCUT2D eigenvalue weighted by Gasteiger charge is -2.43. The number of nitrogens with one attached hydrogen (secondary N) is 1. The minimum atomic E-state index is -1.62. The van der Waals surface area contributed by atoms with Gasteiger partial charge in [-0.3, -0.25) is 4.90 Å². The average molecular weight is 458 g/mol. The van der Waals surface area contributed by atoms with Crippen LogP contribution in [0.15, 0.2) is 36.4 Å². The quantitative estimate of drug-likeness (QED) is 0.452. The predicted molar refractivity (Wildman–Crippen MR) is 120 cm³/mol. The number of phenols is 1. The summed E-state index contributed by atoms with van der Waals surface area (Å²) in [6, 6.07) is 5.84. The fourth-order valence-corrected chi connectivity index (χ4v) is 4.67. The van der Waals surface area contributed by atoms with E-state index in [4.69, 9.17) is 5.11 Å². The average Bonchev–Trinajstić information content (AvgIpc) is 3.04. The summed E-state index contributed by atoms with van der Waals surface area (Å²) in [5.74, 6) is -2.88. The van der Waals surface area contributed by atoms with Crippen molar-refractivity contribution in [2.24, 2.45) is 0 Å². The van der Waals surface area contributed by atoms with Gasteiger partial charge in [0, 0.05) is 46.9 Å². The third kappa shape index (κ3) is 4.48. The van der Waals surface area contributed by atoms with E-state index in [1.165, 1.54) is 13.8 Å². The van der Waals surface area contributed by atoms with Crippen molar-refractivity contribution in [1.82, 2.24) is 9.88 Å². The summed E-state index contributed by atoms with van der Waals surface area (Å²) in [5, 5.41) is 19.5. The number of aliphatic carboxylic acids is 1. The first-order valence-electron chi connectivity index (χ1n) is 10.6. The van der Waals surface area contributed by atoms with E-state index in [2.05, 4.69) is 4.98 Å². The summed E-state index contributed by atoms with van der Waals surface area (Å²) in [6.07, 6.45) is 2.45. The van der Waals surface area contributed by atoms with Crippen LogP contribution in [0.2, 0.25) is 0 Å². The minimum Gasteiger partial charge on any atom is -0.508 e. The zero-order valence-corrected chi connectivity index (χ0v) is 18.5. The molecule has 0 bridgehead atoms. The minimum absolute atomic E-state index is 0.0550. The van der Waals surface area contributed by atoms with Crippen LogP contribution in [0, 0.1) is 11.6 Å². The van der Waals surface area contributed by atoms with Crippen molar-refractivity contribution in [2.45, 2.75) is 44.9 Å². The second-order valence-corrected chi connectivity index (χ2v) is 9.16. The number of aromatic nitrogens is 1. The molecule has 0 amide bonds. The number of alkyl halides is 1. The molecule has 8 heteroatoms. The molecule has 0 aliphatic carbocycles. The topological polar surface area (TPSA) is 76.6 Å². The van der Waals surface area contributed by atoms with E-state index in [0.717, 1.165) is 35.2 Å². The van der Waals surface area contributed by atoms with E-state index in [1.54, 1.807) is 23.1 Å². The van der Waals surface area contributed by atoms with Crippen LogP contribution in [0.5, 0.6) is 5.75 Å². The number of benzene rings is 2. The van der Waals surface area contributed by atoms with Gasteiger partial charge in [0.2, 0.25) is 0 Å². The van der Waals surface area contributed by atoms with Gasteiger partial charge >= 0.3 is 5.97 Å². The summed E-state index contributed by atoms with van der Waals surface area (Å²) in [7, 11) is 0. The summed E-state index contributed by atoms with van der Waals surface area (Å²) >= 11 is 0. The maximum Gasteiger partial charge on any atom is 0.328 e. The van der Waals surface area contributed by atoms with Crippen molar-refractivity contribution in [1.29, 1.82) is 0 Å². The number of rotatable bonds is 5. The molecule has 2 heterocycles. The molecule has 1 aliphatic heterocycles. The van der Waals surface area contributed by atoms with E-state index >= 15 is 8.78 Å². The van der Waals surface area contributed by atoms with Gasteiger partial charge in [-0.1, -0.05) is 0 Å². The second-order valence-electron chi connectivity index (χ2n) is 9.16. The first-order chi connectivity index (χ1) is 15.4. The van der Waals surface area contributed by atoms with E-state index < -0.39 is 29.3 Å². The molecule has 1 aromatic heterocycles. The Bertz CT molecular complexity index is 1240. The molecule has 174 valence electrons. The second kappa shape index (κ2) is 8.26. The lowest BCUT2D eigenvalue weighted by atomic mass is 9.87. The van der Waals surface area contributed by atoms with Crippen LogP contribution in [-0.2, 0) is 11.2 Å². The molecule has 2 aromatic carbocycles. The van der Waals surface area contributed by atoms with Crippen molar-refractivity contribution in [3.8, 4) is 5.75 Å². The van der Waals surface area contributed by atoms with E-state index in [-0.39, 0.29) is 29.5 Å². The SMILES string of the molecule is C[C@@H]1Cc2c([nH]c3cc(O)ccc23)[C@@H](c2c(F)cc(/C=C/C(=O)O)cc2F)N1CC(C)(C)F. The third-order valence-corrected chi connectivity index (χ3v) is 5.95. The van der Waals surface area contributed by atoms with E-state index in [1.807, 2.05) is 6.92 Å². The van der Waals surface area contributed by atoms with Gasteiger partial charge in [-0.2, -0.15) is 0 Å². The highest BCUT2D eigenvalue weighted by Crippen LogP contribution is 2.43. The number of H-pyrrole nitrogens is 1. The van der Waals surface area contributed by atoms with Crippen LogP contribution in [0.4, 0.5) is 13.2 Å². The van der Waals surface area contributed by atoms with E-state index in [0.29, 0.717) is 17.6 Å². The summed E-state index contributed by atoms with van der Waals surface area (Å²) < 4.78 is 45.5. The van der Waals surface area contributed by atoms with Gasteiger partial charge in [0.05, 0.1) is 6.04 Å². The van der Waals surface area contributed by atoms with Crippen LogP contribution >= 0.6 is 0 Å². The van der Waals surface area contributed by atoms with Gasteiger partial charge in [0.15, 0.2) is 0 Å². The van der Waals surface area contributed by atoms with Crippen LogP contribution in [0.3, 0.4) is 0 Å². The molecule has 0 radical (unpaired) electrons. The standard InChI is InChI=1S/C25H25F3N2O3/c1-13-8-17-16-6-5-15(31)11-20(16)29-23(17)24(30(13)12-25(2,3)28)22-18(26)9-14(10-19(22)27)4-7-21(32)33/h4-7,9-11,13,24,29,31H,8,12H2,1-3H3,(H,32,33)/b7-4+/t13-,24-/m1/s1. The first-order valence-corrected chi connectivity index (χ1v) is 10.6. The molecule has 0 unspecified atom stereocenters. The summed E-state index contributed by atoms with van der Waals surface area (Å²) in [5.41, 5.74) is 0.245. The number of hydrogen-bond donors (Lipinski definition) is 3. The molecule has 0 fully saturated rings. The Morgan fingerprint density at radius 2 is 1.91 bits per heavy atom.